The largest absolute Gasteiger partial charge is 0.370 e. The van der Waals surface area contributed by atoms with Gasteiger partial charge in [0.15, 0.2) is 0 Å². The van der Waals surface area contributed by atoms with E-state index >= 15 is 0 Å². The van der Waals surface area contributed by atoms with Crippen LogP contribution in [0.3, 0.4) is 0 Å². The fourth-order valence-electron chi connectivity index (χ4n) is 1.80. The van der Waals surface area contributed by atoms with E-state index in [1.165, 1.54) is 0 Å². The van der Waals surface area contributed by atoms with Gasteiger partial charge in [-0.3, -0.25) is 19.2 Å². The second-order valence-corrected chi connectivity index (χ2v) is 5.79. The molecule has 4 amide bonds. The second-order valence-electron chi connectivity index (χ2n) is 5.79. The normalized spacial score (nSPS) is 13.5. The molecule has 0 fully saturated rings. The molecule has 0 aliphatic heterocycles. The van der Waals surface area contributed by atoms with Gasteiger partial charge in [-0.05, 0) is 26.2 Å². The van der Waals surface area contributed by atoms with E-state index in [1.807, 2.05) is 27.7 Å². The van der Waals surface area contributed by atoms with Gasteiger partial charge in [-0.25, -0.2) is 0 Å². The SMILES string of the molecule is CC.CCC(C)NC(=O)C(CCC(N)=O)NC(=O)C(C)CCC(N)=O. The van der Waals surface area contributed by atoms with E-state index in [1.54, 1.807) is 6.92 Å². The van der Waals surface area contributed by atoms with Crippen LogP contribution in [0.2, 0.25) is 0 Å². The van der Waals surface area contributed by atoms with Gasteiger partial charge >= 0.3 is 0 Å². The first-order chi connectivity index (χ1) is 11.7. The van der Waals surface area contributed by atoms with Crippen molar-refractivity contribution in [2.24, 2.45) is 17.4 Å². The molecular weight excluding hydrogens is 324 g/mol. The third-order valence-electron chi connectivity index (χ3n) is 3.58. The molecule has 146 valence electrons. The van der Waals surface area contributed by atoms with Gasteiger partial charge in [0.05, 0.1) is 0 Å². The zero-order chi connectivity index (χ0) is 20.0. The van der Waals surface area contributed by atoms with Crippen molar-refractivity contribution in [3.63, 3.8) is 0 Å². The molecular formula is C17H34N4O4. The highest BCUT2D eigenvalue weighted by Gasteiger charge is 2.24. The van der Waals surface area contributed by atoms with Crippen molar-refractivity contribution >= 4 is 23.6 Å². The smallest absolute Gasteiger partial charge is 0.242 e. The highest BCUT2D eigenvalue weighted by molar-refractivity contribution is 5.89. The molecule has 0 heterocycles. The number of nitrogens with two attached hydrogens (primary N) is 2. The van der Waals surface area contributed by atoms with E-state index in [9.17, 15) is 19.2 Å². The van der Waals surface area contributed by atoms with Crippen LogP contribution in [-0.4, -0.2) is 35.7 Å². The van der Waals surface area contributed by atoms with Crippen LogP contribution in [0.1, 0.15) is 66.7 Å². The Balaban J connectivity index is 0. The molecule has 0 radical (unpaired) electrons. The molecule has 8 heteroatoms. The van der Waals surface area contributed by atoms with Gasteiger partial charge in [-0.15, -0.1) is 0 Å². The molecule has 0 aromatic carbocycles. The van der Waals surface area contributed by atoms with E-state index in [4.69, 9.17) is 11.5 Å². The topological polar surface area (TPSA) is 144 Å². The van der Waals surface area contributed by atoms with Crippen LogP contribution in [-0.2, 0) is 19.2 Å². The highest BCUT2D eigenvalue weighted by atomic mass is 16.2. The van der Waals surface area contributed by atoms with Crippen molar-refractivity contribution in [2.75, 3.05) is 0 Å². The van der Waals surface area contributed by atoms with Crippen molar-refractivity contribution in [1.29, 1.82) is 0 Å². The number of hydrogen-bond donors (Lipinski definition) is 4. The number of hydrogen-bond acceptors (Lipinski definition) is 4. The number of carbonyl (C=O) groups excluding carboxylic acids is 4. The third-order valence-corrected chi connectivity index (χ3v) is 3.58. The Morgan fingerprint density at radius 1 is 0.840 bits per heavy atom. The molecule has 0 aliphatic carbocycles. The average molecular weight is 358 g/mol. The molecule has 0 spiro atoms. The molecule has 8 nitrogen and oxygen atoms in total. The lowest BCUT2D eigenvalue weighted by molar-refractivity contribution is -0.132. The Kier molecular flexibility index (Phi) is 14.3. The summed E-state index contributed by atoms with van der Waals surface area (Å²) in [4.78, 5) is 46.0. The number of carbonyl (C=O) groups is 4. The minimum atomic E-state index is -0.833. The summed E-state index contributed by atoms with van der Waals surface area (Å²) in [7, 11) is 0. The second kappa shape index (κ2) is 14.2. The summed E-state index contributed by atoms with van der Waals surface area (Å²) < 4.78 is 0. The van der Waals surface area contributed by atoms with Gasteiger partial charge < -0.3 is 22.1 Å². The molecule has 0 saturated carbocycles. The molecule has 0 aliphatic rings. The fraction of sp³-hybridized carbons (Fsp3) is 0.765. The standard InChI is InChI=1S/C15H28N4O4.C2H6/c1-4-10(3)18-15(23)11(6-8-13(17)21)19-14(22)9(2)5-7-12(16)20;1-2/h9-11H,4-8H2,1-3H3,(H2,16,20)(H2,17,21)(H,18,23)(H,19,22);1-2H3. The maximum atomic E-state index is 12.2. The fourth-order valence-corrected chi connectivity index (χ4v) is 1.80. The number of amides is 4. The lowest BCUT2D eigenvalue weighted by Gasteiger charge is -2.22. The monoisotopic (exact) mass is 358 g/mol. The van der Waals surface area contributed by atoms with Crippen LogP contribution in [0.15, 0.2) is 0 Å². The Morgan fingerprint density at radius 2 is 1.32 bits per heavy atom. The van der Waals surface area contributed by atoms with Gasteiger partial charge in [0, 0.05) is 24.8 Å². The Bertz CT molecular complexity index is 440. The van der Waals surface area contributed by atoms with Crippen molar-refractivity contribution in [2.45, 2.75) is 78.8 Å². The first-order valence-corrected chi connectivity index (χ1v) is 8.84. The van der Waals surface area contributed by atoms with Crippen molar-refractivity contribution in [3.8, 4) is 0 Å². The van der Waals surface area contributed by atoms with Crippen LogP contribution in [0.5, 0.6) is 0 Å². The minimum absolute atomic E-state index is 0.00542. The van der Waals surface area contributed by atoms with Crippen LogP contribution in [0.4, 0.5) is 0 Å². The summed E-state index contributed by atoms with van der Waals surface area (Å²) in [6, 6.07) is -0.872. The molecule has 0 aromatic heterocycles. The predicted molar refractivity (Wildman–Crippen MR) is 97.2 cm³/mol. The zero-order valence-corrected chi connectivity index (χ0v) is 16.1. The van der Waals surface area contributed by atoms with E-state index in [2.05, 4.69) is 10.6 Å². The van der Waals surface area contributed by atoms with Crippen LogP contribution < -0.4 is 22.1 Å². The van der Waals surface area contributed by atoms with Crippen molar-refractivity contribution < 1.29 is 19.2 Å². The van der Waals surface area contributed by atoms with Gasteiger partial charge in [0.1, 0.15) is 6.04 Å². The summed E-state index contributed by atoms with van der Waals surface area (Å²) in [5, 5.41) is 5.38. The van der Waals surface area contributed by atoms with E-state index < -0.39 is 23.8 Å². The summed E-state index contributed by atoms with van der Waals surface area (Å²) in [5.41, 5.74) is 10.2. The third kappa shape index (κ3) is 12.9. The first kappa shape index (κ1) is 25.1. The summed E-state index contributed by atoms with van der Waals surface area (Å²) in [5.74, 6) is -2.20. The molecule has 0 aromatic rings. The van der Waals surface area contributed by atoms with E-state index in [-0.39, 0.29) is 37.1 Å². The van der Waals surface area contributed by atoms with Gasteiger partial charge in [-0.1, -0.05) is 27.7 Å². The average Bonchev–Trinajstić information content (AvgIpc) is 2.57. The number of rotatable bonds is 11. The molecule has 0 saturated heterocycles. The minimum Gasteiger partial charge on any atom is -0.370 e. The number of nitrogens with one attached hydrogen (secondary N) is 2. The van der Waals surface area contributed by atoms with Crippen LogP contribution in [0, 0.1) is 5.92 Å². The Morgan fingerprint density at radius 3 is 1.76 bits per heavy atom. The summed E-state index contributed by atoms with van der Waals surface area (Å²) >= 11 is 0. The Hall–Kier alpha value is -2.12. The molecule has 3 unspecified atom stereocenters. The molecule has 3 atom stereocenters. The Labute approximate surface area is 150 Å². The first-order valence-electron chi connectivity index (χ1n) is 8.84. The van der Waals surface area contributed by atoms with E-state index in [0.29, 0.717) is 6.42 Å². The maximum absolute atomic E-state index is 12.2. The predicted octanol–water partition coefficient (Wildman–Crippen LogP) is 0.579. The summed E-state index contributed by atoms with van der Waals surface area (Å²) in [6.07, 6.45) is 1.27. The molecule has 0 rings (SSSR count). The van der Waals surface area contributed by atoms with Crippen LogP contribution in [0.25, 0.3) is 0 Å². The van der Waals surface area contributed by atoms with Gasteiger partial charge in [0.25, 0.3) is 0 Å². The lowest BCUT2D eigenvalue weighted by Crippen LogP contribution is -2.50. The van der Waals surface area contributed by atoms with Crippen molar-refractivity contribution in [3.05, 3.63) is 0 Å². The molecule has 0 bridgehead atoms. The van der Waals surface area contributed by atoms with Gasteiger partial charge in [-0.2, -0.15) is 0 Å². The highest BCUT2D eigenvalue weighted by Crippen LogP contribution is 2.07. The lowest BCUT2D eigenvalue weighted by atomic mass is 10.0. The maximum Gasteiger partial charge on any atom is 0.242 e. The summed E-state index contributed by atoms with van der Waals surface area (Å²) in [6.45, 7) is 9.42. The molecule has 6 N–H and O–H groups in total. The van der Waals surface area contributed by atoms with E-state index in [0.717, 1.165) is 6.42 Å². The zero-order valence-electron chi connectivity index (χ0n) is 16.1. The van der Waals surface area contributed by atoms with Gasteiger partial charge in [0.2, 0.25) is 23.6 Å². The van der Waals surface area contributed by atoms with Crippen LogP contribution >= 0.6 is 0 Å². The van der Waals surface area contributed by atoms with Crippen molar-refractivity contribution in [1.82, 2.24) is 10.6 Å². The number of primary amides is 2. The molecule has 25 heavy (non-hydrogen) atoms. The quantitative estimate of drug-likeness (QED) is 0.428.